The summed E-state index contributed by atoms with van der Waals surface area (Å²) in [5, 5.41) is 10.8. The van der Waals surface area contributed by atoms with E-state index in [1.54, 1.807) is 12.3 Å². The normalized spacial score (nSPS) is 36.7. The van der Waals surface area contributed by atoms with Crippen LogP contribution in [-0.4, -0.2) is 37.4 Å². The van der Waals surface area contributed by atoms with Crippen molar-refractivity contribution in [2.45, 2.75) is 18.3 Å². The molecule has 3 unspecified atom stereocenters. The first-order valence-electron chi connectivity index (χ1n) is 3.93. The van der Waals surface area contributed by atoms with Crippen LogP contribution in [0, 0.1) is 5.21 Å². The van der Waals surface area contributed by atoms with Gasteiger partial charge in [0.05, 0.1) is 20.0 Å². The van der Waals surface area contributed by atoms with Crippen LogP contribution in [-0.2, 0) is 19.1 Å². The molecule has 0 aromatic rings. The van der Waals surface area contributed by atoms with Crippen molar-refractivity contribution < 1.29 is 19.1 Å². The summed E-state index contributed by atoms with van der Waals surface area (Å²) in [5.74, 6) is 0. The summed E-state index contributed by atoms with van der Waals surface area (Å²) >= 11 is 0. The first-order chi connectivity index (χ1) is 6.31. The summed E-state index contributed by atoms with van der Waals surface area (Å²) in [6, 6.07) is 0. The highest BCUT2D eigenvalue weighted by atomic mass is 17.1. The van der Waals surface area contributed by atoms with Crippen LogP contribution in [0.4, 0.5) is 0 Å². The summed E-state index contributed by atoms with van der Waals surface area (Å²) < 4.78 is 10.5. The van der Waals surface area contributed by atoms with E-state index in [0.29, 0.717) is 6.61 Å². The van der Waals surface area contributed by atoms with E-state index in [1.807, 2.05) is 0 Å². The zero-order valence-corrected chi connectivity index (χ0v) is 7.08. The largest absolute Gasteiger partial charge is 0.738 e. The van der Waals surface area contributed by atoms with Gasteiger partial charge in [-0.2, -0.15) is 0 Å². The Morgan fingerprint density at radius 2 is 2.46 bits per heavy atom. The summed E-state index contributed by atoms with van der Waals surface area (Å²) in [5.41, 5.74) is 0. The fraction of sp³-hybridized carbons (Fsp3) is 0.714. The molecule has 13 heavy (non-hydrogen) atoms. The van der Waals surface area contributed by atoms with E-state index in [-0.39, 0.29) is 17.6 Å². The van der Waals surface area contributed by atoms with Crippen molar-refractivity contribution in [2.75, 3.05) is 13.7 Å². The molecule has 2 aliphatic heterocycles. The van der Waals surface area contributed by atoms with E-state index in [2.05, 4.69) is 4.84 Å². The van der Waals surface area contributed by atoms with E-state index >= 15 is 0 Å². The molecule has 0 aliphatic carbocycles. The molecule has 0 spiro atoms. The minimum absolute atomic E-state index is 0.0537. The Kier molecular flexibility index (Phi) is 2.47. The number of ether oxygens (including phenoxy) is 2. The Bertz CT molecular complexity index is 209. The van der Waals surface area contributed by atoms with Crippen molar-refractivity contribution in [1.29, 1.82) is 0 Å². The molecule has 0 aromatic carbocycles. The third kappa shape index (κ3) is 1.67. The van der Waals surface area contributed by atoms with Crippen molar-refractivity contribution in [3.8, 4) is 0 Å². The smallest absolute Gasteiger partial charge is 0.158 e. The quantitative estimate of drug-likeness (QED) is 0.579. The zero-order chi connectivity index (χ0) is 9.26. The Labute approximate surface area is 75.1 Å². The Morgan fingerprint density at radius 1 is 1.62 bits per heavy atom. The maximum Gasteiger partial charge on any atom is 0.158 e. The Morgan fingerprint density at radius 3 is 3.23 bits per heavy atom. The number of hydrogen-bond donors (Lipinski definition) is 0. The Balaban J connectivity index is 1.88. The topological polar surface area (TPSA) is 63.2 Å². The third-order valence-corrected chi connectivity index (χ3v) is 2.02. The molecular formula is C7H10NO5-. The molecule has 0 bridgehead atoms. The van der Waals surface area contributed by atoms with Crippen LogP contribution in [0.2, 0.25) is 0 Å². The molecular weight excluding hydrogens is 178 g/mol. The summed E-state index contributed by atoms with van der Waals surface area (Å²) in [7, 11) is 1.23. The lowest BCUT2D eigenvalue weighted by molar-refractivity contribution is -0.348. The molecule has 2 heterocycles. The zero-order valence-electron chi connectivity index (χ0n) is 7.08. The maximum atomic E-state index is 10.7. The molecule has 6 heteroatoms. The number of hydrogen-bond acceptors (Lipinski definition) is 6. The lowest BCUT2D eigenvalue weighted by Gasteiger charge is -2.28. The van der Waals surface area contributed by atoms with Gasteiger partial charge in [-0.1, -0.05) is 0 Å². The number of nitrogens with zero attached hydrogens (tertiary/aromatic N) is 1. The van der Waals surface area contributed by atoms with Gasteiger partial charge in [0.15, 0.2) is 6.10 Å². The standard InChI is InChI=1S/C7H10NO5/c1-10-8(9)13-6-4-12-5-2-3-11-7(5)6/h2-3,5-7H,4H2,1H3/q-1. The summed E-state index contributed by atoms with van der Waals surface area (Å²) in [6.45, 7) is 0.335. The van der Waals surface area contributed by atoms with Crippen molar-refractivity contribution in [3.05, 3.63) is 17.5 Å². The van der Waals surface area contributed by atoms with Crippen LogP contribution < -0.4 is 0 Å². The van der Waals surface area contributed by atoms with Gasteiger partial charge in [-0.25, -0.2) is 0 Å². The van der Waals surface area contributed by atoms with Crippen LogP contribution in [0.25, 0.3) is 0 Å². The minimum atomic E-state index is -0.405. The van der Waals surface area contributed by atoms with Crippen molar-refractivity contribution in [2.24, 2.45) is 0 Å². The molecule has 0 radical (unpaired) electrons. The molecule has 2 rings (SSSR count). The first-order valence-corrected chi connectivity index (χ1v) is 3.93. The van der Waals surface area contributed by atoms with Crippen LogP contribution in [0.15, 0.2) is 12.3 Å². The van der Waals surface area contributed by atoms with Crippen molar-refractivity contribution >= 4 is 0 Å². The van der Waals surface area contributed by atoms with Crippen molar-refractivity contribution in [3.63, 3.8) is 0 Å². The van der Waals surface area contributed by atoms with Gasteiger partial charge in [-0.3, -0.25) is 9.68 Å². The van der Waals surface area contributed by atoms with Crippen LogP contribution in [0.3, 0.4) is 0 Å². The molecule has 0 N–H and O–H groups in total. The molecule has 2 aliphatic rings. The van der Waals surface area contributed by atoms with Crippen LogP contribution >= 0.6 is 0 Å². The lowest BCUT2D eigenvalue weighted by atomic mass is 10.2. The number of rotatable bonds is 3. The summed E-state index contributed by atoms with van der Waals surface area (Å²) in [4.78, 5) is 9.12. The van der Waals surface area contributed by atoms with Gasteiger partial charge in [0.25, 0.3) is 0 Å². The SMILES string of the molecule is CON([O-])OC1COC2C=COC21. The highest BCUT2D eigenvalue weighted by Gasteiger charge is 2.41. The van der Waals surface area contributed by atoms with Gasteiger partial charge in [-0.15, -0.1) is 5.39 Å². The van der Waals surface area contributed by atoms with E-state index in [0.717, 1.165) is 0 Å². The third-order valence-electron chi connectivity index (χ3n) is 2.02. The Hall–Kier alpha value is -0.660. The second-order valence-corrected chi connectivity index (χ2v) is 2.78. The van der Waals surface area contributed by atoms with Gasteiger partial charge in [-0.05, 0) is 6.08 Å². The molecule has 0 aromatic heterocycles. The van der Waals surface area contributed by atoms with Gasteiger partial charge in [0, 0.05) is 0 Å². The molecule has 74 valence electrons. The fourth-order valence-corrected chi connectivity index (χ4v) is 1.39. The molecule has 1 fully saturated rings. The van der Waals surface area contributed by atoms with Crippen molar-refractivity contribution in [1.82, 2.24) is 5.39 Å². The van der Waals surface area contributed by atoms with Gasteiger partial charge in [0.1, 0.15) is 12.2 Å². The second-order valence-electron chi connectivity index (χ2n) is 2.78. The van der Waals surface area contributed by atoms with E-state index in [9.17, 15) is 5.21 Å². The second kappa shape index (κ2) is 3.60. The molecule has 6 nitrogen and oxygen atoms in total. The minimum Gasteiger partial charge on any atom is -0.738 e. The van der Waals surface area contributed by atoms with E-state index in [1.165, 1.54) is 7.11 Å². The predicted octanol–water partition coefficient (Wildman–Crippen LogP) is -0.0409. The van der Waals surface area contributed by atoms with E-state index in [4.69, 9.17) is 14.3 Å². The lowest BCUT2D eigenvalue weighted by Crippen LogP contribution is -2.35. The molecule has 3 atom stereocenters. The summed E-state index contributed by atoms with van der Waals surface area (Å²) in [6.07, 6.45) is 2.60. The molecule has 0 saturated carbocycles. The predicted molar refractivity (Wildman–Crippen MR) is 40.8 cm³/mol. The van der Waals surface area contributed by atoms with Gasteiger partial charge >= 0.3 is 0 Å². The van der Waals surface area contributed by atoms with Gasteiger partial charge < -0.3 is 14.7 Å². The van der Waals surface area contributed by atoms with Crippen LogP contribution in [0.1, 0.15) is 0 Å². The maximum absolute atomic E-state index is 10.7. The number of fused-ring (bicyclic) bond motifs is 1. The average Bonchev–Trinajstić information content (AvgIpc) is 2.69. The highest BCUT2D eigenvalue weighted by molar-refractivity contribution is 5.03. The van der Waals surface area contributed by atoms with Gasteiger partial charge in [0.2, 0.25) is 0 Å². The van der Waals surface area contributed by atoms with E-state index < -0.39 is 6.10 Å². The highest BCUT2D eigenvalue weighted by Crippen LogP contribution is 2.26. The first kappa shape index (κ1) is 8.92. The van der Waals surface area contributed by atoms with Crippen LogP contribution in [0.5, 0.6) is 0 Å². The molecule has 0 amide bonds. The fourth-order valence-electron chi connectivity index (χ4n) is 1.39. The molecule has 1 saturated heterocycles. The monoisotopic (exact) mass is 188 g/mol. The average molecular weight is 188 g/mol.